The number of aliphatic hydroxyl groups is 1. The molecule has 2 aromatic rings. The molecule has 21 heavy (non-hydrogen) atoms. The van der Waals surface area contributed by atoms with Crippen LogP contribution in [0.2, 0.25) is 0 Å². The molecule has 0 aliphatic rings. The maximum absolute atomic E-state index is 11.9. The number of carbonyl (C=O) groups is 1. The summed E-state index contributed by atoms with van der Waals surface area (Å²) >= 11 is 0. The maximum atomic E-state index is 11.9. The number of esters is 1. The summed E-state index contributed by atoms with van der Waals surface area (Å²) < 4.78 is 5.20. The molecule has 110 valence electrons. The number of ether oxygens (including phenoxy) is 1. The lowest BCUT2D eigenvalue weighted by atomic mass is 10.0. The molecule has 0 unspecified atom stereocenters. The Kier molecular flexibility index (Phi) is 5.98. The van der Waals surface area contributed by atoms with Gasteiger partial charge in [0.2, 0.25) is 0 Å². The number of unbranched alkanes of at least 4 members (excludes halogenated alkanes) is 2. The number of aliphatic hydroxyl groups excluding tert-OH is 1. The summed E-state index contributed by atoms with van der Waals surface area (Å²) in [7, 11) is 0. The zero-order valence-electron chi connectivity index (χ0n) is 12.0. The monoisotopic (exact) mass is 284 g/mol. The van der Waals surface area contributed by atoms with Gasteiger partial charge in [0.05, 0.1) is 12.2 Å². The van der Waals surface area contributed by atoms with Gasteiger partial charge in [-0.15, -0.1) is 0 Å². The van der Waals surface area contributed by atoms with Crippen molar-refractivity contribution in [3.05, 3.63) is 60.2 Å². The summed E-state index contributed by atoms with van der Waals surface area (Å²) in [4.78, 5) is 11.9. The van der Waals surface area contributed by atoms with Crippen LogP contribution in [0.3, 0.4) is 0 Å². The molecule has 0 amide bonds. The molecule has 3 nitrogen and oxygen atoms in total. The predicted octanol–water partition coefficient (Wildman–Crippen LogP) is 3.67. The second-order valence-corrected chi connectivity index (χ2v) is 4.86. The first kappa shape index (κ1) is 15.3. The lowest BCUT2D eigenvalue weighted by Crippen LogP contribution is -2.06. The van der Waals surface area contributed by atoms with Crippen LogP contribution in [0.4, 0.5) is 0 Å². The van der Waals surface area contributed by atoms with E-state index < -0.39 is 0 Å². The van der Waals surface area contributed by atoms with Crippen molar-refractivity contribution in [1.82, 2.24) is 0 Å². The minimum absolute atomic E-state index is 0.189. The van der Waals surface area contributed by atoms with Crippen LogP contribution >= 0.6 is 0 Å². The topological polar surface area (TPSA) is 46.5 Å². The van der Waals surface area contributed by atoms with Crippen LogP contribution in [-0.2, 0) is 4.74 Å². The van der Waals surface area contributed by atoms with Crippen LogP contribution in [-0.4, -0.2) is 24.3 Å². The van der Waals surface area contributed by atoms with Crippen molar-refractivity contribution < 1.29 is 14.6 Å². The third-order valence-electron chi connectivity index (χ3n) is 3.26. The van der Waals surface area contributed by atoms with Gasteiger partial charge in [-0.2, -0.15) is 0 Å². The normalized spacial score (nSPS) is 10.3. The molecule has 2 rings (SSSR count). The first-order valence-corrected chi connectivity index (χ1v) is 7.25. The summed E-state index contributed by atoms with van der Waals surface area (Å²) in [6.07, 6.45) is 2.41. The highest BCUT2D eigenvalue weighted by atomic mass is 16.5. The van der Waals surface area contributed by atoms with Gasteiger partial charge in [0.25, 0.3) is 0 Å². The second-order valence-electron chi connectivity index (χ2n) is 4.86. The standard InChI is InChI=1S/C18H20O3/c19-13-5-2-6-14-21-18(20)17-11-9-16(10-12-17)15-7-3-1-4-8-15/h1,3-4,7-12,19H,2,5-6,13-14H2. The van der Waals surface area contributed by atoms with E-state index >= 15 is 0 Å². The van der Waals surface area contributed by atoms with Gasteiger partial charge in [0.15, 0.2) is 0 Å². The highest BCUT2D eigenvalue weighted by Crippen LogP contribution is 2.19. The van der Waals surface area contributed by atoms with Crippen molar-refractivity contribution in [2.75, 3.05) is 13.2 Å². The molecule has 0 aliphatic carbocycles. The highest BCUT2D eigenvalue weighted by molar-refractivity contribution is 5.90. The van der Waals surface area contributed by atoms with Gasteiger partial charge in [-0.3, -0.25) is 0 Å². The van der Waals surface area contributed by atoms with Gasteiger partial charge >= 0.3 is 5.97 Å². The van der Waals surface area contributed by atoms with E-state index in [1.165, 1.54) is 0 Å². The van der Waals surface area contributed by atoms with Crippen LogP contribution in [0.25, 0.3) is 11.1 Å². The minimum atomic E-state index is -0.293. The fourth-order valence-corrected chi connectivity index (χ4v) is 2.07. The van der Waals surface area contributed by atoms with E-state index in [4.69, 9.17) is 9.84 Å². The average molecular weight is 284 g/mol. The van der Waals surface area contributed by atoms with Gasteiger partial charge in [-0.05, 0) is 42.5 Å². The molecule has 0 aliphatic heterocycles. The molecule has 0 atom stereocenters. The summed E-state index contributed by atoms with van der Waals surface area (Å²) in [5.41, 5.74) is 2.77. The summed E-state index contributed by atoms with van der Waals surface area (Å²) in [6, 6.07) is 17.5. The molecule has 1 N–H and O–H groups in total. The Hall–Kier alpha value is -2.13. The van der Waals surface area contributed by atoms with E-state index in [1.54, 1.807) is 12.1 Å². The lowest BCUT2D eigenvalue weighted by molar-refractivity contribution is 0.0497. The minimum Gasteiger partial charge on any atom is -0.462 e. The van der Waals surface area contributed by atoms with E-state index in [0.717, 1.165) is 30.4 Å². The smallest absolute Gasteiger partial charge is 0.338 e. The first-order chi connectivity index (χ1) is 10.3. The fourth-order valence-electron chi connectivity index (χ4n) is 2.07. The molecule has 0 saturated heterocycles. The Balaban J connectivity index is 1.88. The van der Waals surface area contributed by atoms with Gasteiger partial charge in [-0.25, -0.2) is 4.79 Å². The molecular weight excluding hydrogens is 264 g/mol. The molecule has 0 bridgehead atoms. The van der Waals surface area contributed by atoms with Gasteiger partial charge < -0.3 is 9.84 Å². The van der Waals surface area contributed by atoms with Crippen molar-refractivity contribution in [3.63, 3.8) is 0 Å². The fraction of sp³-hybridized carbons (Fsp3) is 0.278. The Labute approximate surface area is 125 Å². The summed E-state index contributed by atoms with van der Waals surface area (Å²) in [6.45, 7) is 0.591. The molecule has 0 saturated carbocycles. The van der Waals surface area contributed by atoms with Crippen molar-refractivity contribution in [3.8, 4) is 11.1 Å². The van der Waals surface area contributed by atoms with E-state index in [1.807, 2.05) is 42.5 Å². The Morgan fingerprint density at radius 1 is 0.857 bits per heavy atom. The molecule has 0 fully saturated rings. The molecule has 0 spiro atoms. The van der Waals surface area contributed by atoms with Gasteiger partial charge in [-0.1, -0.05) is 42.5 Å². The van der Waals surface area contributed by atoms with Crippen molar-refractivity contribution in [2.45, 2.75) is 19.3 Å². The zero-order chi connectivity index (χ0) is 14.9. The third-order valence-corrected chi connectivity index (χ3v) is 3.26. The molecular formula is C18H20O3. The Bertz CT molecular complexity index is 546. The van der Waals surface area contributed by atoms with E-state index in [9.17, 15) is 4.79 Å². The van der Waals surface area contributed by atoms with Crippen molar-refractivity contribution >= 4 is 5.97 Å². The predicted molar refractivity (Wildman–Crippen MR) is 83.1 cm³/mol. The van der Waals surface area contributed by atoms with Crippen LogP contribution in [0.15, 0.2) is 54.6 Å². The second kappa shape index (κ2) is 8.22. The molecule has 0 radical (unpaired) electrons. The van der Waals surface area contributed by atoms with Gasteiger partial charge in [0, 0.05) is 6.61 Å². The summed E-state index contributed by atoms with van der Waals surface area (Å²) in [5, 5.41) is 8.66. The molecule has 3 heteroatoms. The molecule has 0 heterocycles. The zero-order valence-corrected chi connectivity index (χ0v) is 12.0. The quantitative estimate of drug-likeness (QED) is 0.623. The first-order valence-electron chi connectivity index (χ1n) is 7.25. The lowest BCUT2D eigenvalue weighted by Gasteiger charge is -2.06. The van der Waals surface area contributed by atoms with Crippen LogP contribution in [0.5, 0.6) is 0 Å². The SMILES string of the molecule is O=C(OCCCCCO)c1ccc(-c2ccccc2)cc1. The number of rotatable bonds is 7. The highest BCUT2D eigenvalue weighted by Gasteiger charge is 2.07. The maximum Gasteiger partial charge on any atom is 0.338 e. The van der Waals surface area contributed by atoms with Gasteiger partial charge in [0.1, 0.15) is 0 Å². The largest absolute Gasteiger partial charge is 0.462 e. The van der Waals surface area contributed by atoms with Crippen molar-refractivity contribution in [1.29, 1.82) is 0 Å². The number of hydrogen-bond acceptors (Lipinski definition) is 3. The third kappa shape index (κ3) is 4.72. The number of hydrogen-bond donors (Lipinski definition) is 1. The van der Waals surface area contributed by atoms with E-state index in [0.29, 0.717) is 12.2 Å². The van der Waals surface area contributed by atoms with Crippen LogP contribution in [0.1, 0.15) is 29.6 Å². The average Bonchev–Trinajstić information content (AvgIpc) is 2.55. The van der Waals surface area contributed by atoms with Crippen molar-refractivity contribution in [2.24, 2.45) is 0 Å². The molecule has 2 aromatic carbocycles. The number of carbonyl (C=O) groups excluding carboxylic acids is 1. The molecule has 0 aromatic heterocycles. The van der Waals surface area contributed by atoms with E-state index in [2.05, 4.69) is 0 Å². The Morgan fingerprint density at radius 2 is 1.52 bits per heavy atom. The van der Waals surface area contributed by atoms with Crippen LogP contribution < -0.4 is 0 Å². The van der Waals surface area contributed by atoms with Crippen LogP contribution in [0, 0.1) is 0 Å². The Morgan fingerprint density at radius 3 is 2.19 bits per heavy atom. The van der Waals surface area contributed by atoms with E-state index in [-0.39, 0.29) is 12.6 Å². The summed E-state index contributed by atoms with van der Waals surface area (Å²) in [5.74, 6) is -0.293. The number of benzene rings is 2.